The molecule has 20 heavy (non-hydrogen) atoms. The van der Waals surface area contributed by atoms with Gasteiger partial charge in [0.05, 0.1) is 5.75 Å². The van der Waals surface area contributed by atoms with Crippen molar-refractivity contribution in [2.45, 2.75) is 84.0 Å². The number of thioether (sulfide) groups is 1. The minimum atomic E-state index is -0.691. The number of carboxylic acid groups (broad SMARTS) is 1. The van der Waals surface area contributed by atoms with Gasteiger partial charge in [0, 0.05) is 19.5 Å². The third kappa shape index (κ3) is 20.8. The molecule has 0 aromatic rings. The molecule has 116 valence electrons. The van der Waals surface area contributed by atoms with Crippen molar-refractivity contribution in [1.82, 2.24) is 0 Å². The van der Waals surface area contributed by atoms with E-state index in [9.17, 15) is 4.79 Å². The fraction of sp³-hybridized carbons (Fsp3) is 0.938. The first-order chi connectivity index (χ1) is 9.27. The molecule has 0 aliphatic carbocycles. The summed E-state index contributed by atoms with van der Waals surface area (Å²) >= 11 is 1.54. The average molecular weight is 354 g/mol. The van der Waals surface area contributed by atoms with Crippen LogP contribution in [0.2, 0.25) is 0 Å². The van der Waals surface area contributed by atoms with Gasteiger partial charge in [-0.3, -0.25) is 4.79 Å². The Labute approximate surface area is 142 Å². The molecule has 0 aliphatic heterocycles. The van der Waals surface area contributed by atoms with Gasteiger partial charge in [0.1, 0.15) is 0 Å². The summed E-state index contributed by atoms with van der Waals surface area (Å²) in [5, 5.41) is 8.48. The van der Waals surface area contributed by atoms with Crippen LogP contribution in [-0.4, -0.2) is 22.6 Å². The second-order valence-electron chi connectivity index (χ2n) is 5.34. The number of unbranched alkanes of at least 4 members (excludes halogenated alkanes) is 11. The van der Waals surface area contributed by atoms with Crippen LogP contribution in [0.1, 0.15) is 84.0 Å². The molecule has 0 unspecified atom stereocenters. The van der Waals surface area contributed by atoms with E-state index in [2.05, 4.69) is 6.92 Å². The fourth-order valence-electron chi connectivity index (χ4n) is 2.20. The number of carboxylic acids is 1. The maximum atomic E-state index is 10.3. The van der Waals surface area contributed by atoms with E-state index in [0.29, 0.717) is 0 Å². The zero-order valence-corrected chi connectivity index (χ0v) is 17.2. The summed E-state index contributed by atoms with van der Waals surface area (Å²) in [5.41, 5.74) is 0. The summed E-state index contributed by atoms with van der Waals surface area (Å²) in [6.07, 6.45) is 16.3. The minimum Gasteiger partial charge on any atom is -0.481 e. The molecule has 2 nitrogen and oxygen atoms in total. The molecular formula is C16H32O2SZn. The van der Waals surface area contributed by atoms with E-state index in [1.807, 2.05) is 0 Å². The predicted octanol–water partition coefficient (Wildman–Crippen LogP) is 5.50. The maximum absolute atomic E-state index is 10.3. The van der Waals surface area contributed by atoms with Crippen LogP contribution in [0.5, 0.6) is 0 Å². The molecule has 0 heterocycles. The van der Waals surface area contributed by atoms with Gasteiger partial charge in [-0.1, -0.05) is 77.6 Å². The van der Waals surface area contributed by atoms with E-state index in [0.717, 1.165) is 5.75 Å². The van der Waals surface area contributed by atoms with Crippen LogP contribution in [-0.2, 0) is 24.3 Å². The van der Waals surface area contributed by atoms with Crippen molar-refractivity contribution in [2.75, 3.05) is 11.5 Å². The number of carbonyl (C=O) groups is 1. The van der Waals surface area contributed by atoms with Gasteiger partial charge in [0.15, 0.2) is 0 Å². The second kappa shape index (κ2) is 19.4. The zero-order chi connectivity index (χ0) is 14.2. The fourth-order valence-corrected chi connectivity index (χ4v) is 2.93. The van der Waals surface area contributed by atoms with Gasteiger partial charge in [-0.2, -0.15) is 11.8 Å². The molecule has 0 aromatic heterocycles. The molecule has 0 saturated carbocycles. The Morgan fingerprint density at radius 1 is 0.800 bits per heavy atom. The topological polar surface area (TPSA) is 37.3 Å². The second-order valence-corrected chi connectivity index (χ2v) is 6.44. The molecule has 0 bridgehead atoms. The van der Waals surface area contributed by atoms with Crippen molar-refractivity contribution in [3.05, 3.63) is 0 Å². The van der Waals surface area contributed by atoms with Crippen molar-refractivity contribution in [1.29, 1.82) is 0 Å². The average Bonchev–Trinajstić information content (AvgIpc) is 2.39. The van der Waals surface area contributed by atoms with Crippen molar-refractivity contribution in [3.63, 3.8) is 0 Å². The number of hydrogen-bond donors (Lipinski definition) is 1. The molecule has 1 N–H and O–H groups in total. The maximum Gasteiger partial charge on any atom is 0.313 e. The summed E-state index contributed by atoms with van der Waals surface area (Å²) in [7, 11) is 0. The number of hydrogen-bond acceptors (Lipinski definition) is 2. The Balaban J connectivity index is 0. The van der Waals surface area contributed by atoms with Crippen molar-refractivity contribution < 1.29 is 29.4 Å². The van der Waals surface area contributed by atoms with Gasteiger partial charge in [-0.05, 0) is 12.2 Å². The summed E-state index contributed by atoms with van der Waals surface area (Å²) in [6.45, 7) is 2.26. The smallest absolute Gasteiger partial charge is 0.313 e. The van der Waals surface area contributed by atoms with Crippen LogP contribution in [0.4, 0.5) is 0 Å². The molecule has 0 saturated heterocycles. The Morgan fingerprint density at radius 2 is 1.20 bits per heavy atom. The van der Waals surface area contributed by atoms with Gasteiger partial charge in [-0.15, -0.1) is 0 Å². The van der Waals surface area contributed by atoms with Crippen LogP contribution in [0.25, 0.3) is 0 Å². The summed E-state index contributed by atoms with van der Waals surface area (Å²) in [4.78, 5) is 10.3. The first kappa shape index (κ1) is 22.7. The van der Waals surface area contributed by atoms with Crippen molar-refractivity contribution in [3.8, 4) is 0 Å². The van der Waals surface area contributed by atoms with Crippen molar-refractivity contribution >= 4 is 17.7 Å². The normalized spacial score (nSPS) is 10.2. The van der Waals surface area contributed by atoms with E-state index in [4.69, 9.17) is 5.11 Å². The van der Waals surface area contributed by atoms with Crippen LogP contribution in [0.3, 0.4) is 0 Å². The largest absolute Gasteiger partial charge is 0.481 e. The van der Waals surface area contributed by atoms with E-state index < -0.39 is 5.97 Å². The molecule has 4 heteroatoms. The Hall–Kier alpha value is 0.443. The van der Waals surface area contributed by atoms with E-state index >= 15 is 0 Å². The quantitative estimate of drug-likeness (QED) is 0.312. The van der Waals surface area contributed by atoms with Gasteiger partial charge in [-0.25, -0.2) is 0 Å². The van der Waals surface area contributed by atoms with Gasteiger partial charge in [0.25, 0.3) is 0 Å². The van der Waals surface area contributed by atoms with Crippen LogP contribution < -0.4 is 0 Å². The van der Waals surface area contributed by atoms with E-state index in [1.165, 1.54) is 77.0 Å². The molecular weight excluding hydrogens is 322 g/mol. The molecule has 0 aliphatic rings. The molecule has 0 fully saturated rings. The third-order valence-electron chi connectivity index (χ3n) is 3.37. The Kier molecular flexibility index (Phi) is 22.1. The third-order valence-corrected chi connectivity index (χ3v) is 4.40. The molecule has 0 spiro atoms. The molecule has 0 radical (unpaired) electrons. The van der Waals surface area contributed by atoms with Crippen LogP contribution in [0, 0.1) is 0 Å². The number of aliphatic carboxylic acids is 1. The Bertz CT molecular complexity index is 201. The molecule has 0 aromatic carbocycles. The summed E-state index contributed by atoms with van der Waals surface area (Å²) in [5.74, 6) is 0.575. The summed E-state index contributed by atoms with van der Waals surface area (Å²) in [6, 6.07) is 0. The van der Waals surface area contributed by atoms with Crippen LogP contribution in [0.15, 0.2) is 0 Å². The van der Waals surface area contributed by atoms with Gasteiger partial charge >= 0.3 is 5.97 Å². The monoisotopic (exact) mass is 352 g/mol. The van der Waals surface area contributed by atoms with Crippen molar-refractivity contribution in [2.24, 2.45) is 0 Å². The minimum absolute atomic E-state index is 0. The van der Waals surface area contributed by atoms with Gasteiger partial charge < -0.3 is 5.11 Å². The Morgan fingerprint density at radius 3 is 1.60 bits per heavy atom. The first-order valence-corrected chi connectivity index (χ1v) is 9.22. The van der Waals surface area contributed by atoms with E-state index in [1.54, 1.807) is 11.8 Å². The zero-order valence-electron chi connectivity index (χ0n) is 13.4. The SMILES string of the molecule is CCCCCCCCCCCCCCSCC(=O)O.[Zn]. The van der Waals surface area contributed by atoms with E-state index in [-0.39, 0.29) is 25.2 Å². The molecule has 0 rings (SSSR count). The number of rotatable bonds is 15. The van der Waals surface area contributed by atoms with Gasteiger partial charge in [0.2, 0.25) is 0 Å². The first-order valence-electron chi connectivity index (χ1n) is 8.07. The predicted molar refractivity (Wildman–Crippen MR) is 86.0 cm³/mol. The molecule has 0 amide bonds. The summed E-state index contributed by atoms with van der Waals surface area (Å²) < 4.78 is 0. The standard InChI is InChI=1S/C16H32O2S.Zn/c1-2-3-4-5-6-7-8-9-10-11-12-13-14-19-15-16(17)18;/h2-15H2,1H3,(H,17,18);. The van der Waals surface area contributed by atoms with Crippen LogP contribution >= 0.6 is 11.8 Å². The molecule has 0 atom stereocenters.